The van der Waals surface area contributed by atoms with Crippen molar-refractivity contribution in [1.29, 1.82) is 0 Å². The maximum atomic E-state index is 13.0. The van der Waals surface area contributed by atoms with Crippen molar-refractivity contribution in [3.63, 3.8) is 0 Å². The Morgan fingerprint density at radius 3 is 2.36 bits per heavy atom. The second-order valence-corrected chi connectivity index (χ2v) is 12.0. The maximum absolute atomic E-state index is 13.0. The van der Waals surface area contributed by atoms with Crippen molar-refractivity contribution in [2.45, 2.75) is 55.6 Å². The molecule has 3 atom stereocenters. The van der Waals surface area contributed by atoms with E-state index in [1.54, 1.807) is 42.5 Å². The number of fused-ring (bicyclic) bond motifs is 2. The lowest BCUT2D eigenvalue weighted by Crippen LogP contribution is -2.41. The number of hydrogen-bond donors (Lipinski definition) is 2. The molecule has 3 unspecified atom stereocenters. The van der Waals surface area contributed by atoms with Crippen LogP contribution in [0.3, 0.4) is 0 Å². The molecule has 2 aliphatic heterocycles. The summed E-state index contributed by atoms with van der Waals surface area (Å²) in [6, 6.07) is 11.9. The smallest absolute Gasteiger partial charge is 0.319 e. The summed E-state index contributed by atoms with van der Waals surface area (Å²) in [4.78, 5) is 15.1. The first-order valence-electron chi connectivity index (χ1n) is 11.2. The lowest BCUT2D eigenvalue weighted by Gasteiger charge is -2.36. The van der Waals surface area contributed by atoms with Gasteiger partial charge >= 0.3 is 6.03 Å². The number of urea groups is 1. The van der Waals surface area contributed by atoms with Gasteiger partial charge in [-0.25, -0.2) is 13.2 Å². The standard InChI is InChI=1S/C24H29Cl2N3O3S/c1-15(21-4-3-5-22(25)23(21)26)27-24(30)28-17-6-10-20(11-7-17)33(31,32)14-16-12-18-8-9-19(13-16)29(18)2/h3-7,10-11,15-16,18-19H,8-9,12-14H2,1-2H3,(H2,27,28,30). The van der Waals surface area contributed by atoms with Gasteiger partial charge in [-0.2, -0.15) is 0 Å². The van der Waals surface area contributed by atoms with Gasteiger partial charge in [-0.3, -0.25) is 0 Å². The van der Waals surface area contributed by atoms with Crippen LogP contribution < -0.4 is 10.6 Å². The van der Waals surface area contributed by atoms with E-state index in [0.29, 0.717) is 38.3 Å². The van der Waals surface area contributed by atoms with Gasteiger partial charge in [0.2, 0.25) is 0 Å². The Balaban J connectivity index is 1.34. The zero-order valence-corrected chi connectivity index (χ0v) is 21.1. The highest BCUT2D eigenvalue weighted by Gasteiger charge is 2.39. The molecule has 0 spiro atoms. The number of rotatable bonds is 6. The molecule has 2 N–H and O–H groups in total. The summed E-state index contributed by atoms with van der Waals surface area (Å²) in [5.41, 5.74) is 1.22. The van der Waals surface area contributed by atoms with Crippen LogP contribution in [0.4, 0.5) is 10.5 Å². The highest BCUT2D eigenvalue weighted by molar-refractivity contribution is 7.91. The van der Waals surface area contributed by atoms with Crippen molar-refractivity contribution in [3.8, 4) is 0 Å². The van der Waals surface area contributed by atoms with Crippen LogP contribution in [0.5, 0.6) is 0 Å². The van der Waals surface area contributed by atoms with Crippen molar-refractivity contribution in [2.24, 2.45) is 5.92 Å². The van der Waals surface area contributed by atoms with Crippen LogP contribution in [0.1, 0.15) is 44.2 Å². The fourth-order valence-corrected chi connectivity index (χ4v) is 7.22. The van der Waals surface area contributed by atoms with Crippen LogP contribution in [0.2, 0.25) is 10.0 Å². The van der Waals surface area contributed by atoms with Crippen LogP contribution in [-0.4, -0.2) is 44.2 Å². The fraction of sp³-hybridized carbons (Fsp3) is 0.458. The predicted molar refractivity (Wildman–Crippen MR) is 133 cm³/mol. The fourth-order valence-electron chi connectivity index (χ4n) is 5.11. The Bertz CT molecular complexity index is 1110. The molecular weight excluding hydrogens is 481 g/mol. The van der Waals surface area contributed by atoms with E-state index in [1.165, 1.54) is 12.8 Å². The van der Waals surface area contributed by atoms with Crippen molar-refractivity contribution in [1.82, 2.24) is 10.2 Å². The quantitative estimate of drug-likeness (QED) is 0.536. The van der Waals surface area contributed by atoms with Crippen LogP contribution in [0.25, 0.3) is 0 Å². The summed E-state index contributed by atoms with van der Waals surface area (Å²) in [5, 5.41) is 6.38. The molecule has 9 heteroatoms. The minimum atomic E-state index is -3.38. The van der Waals surface area contributed by atoms with E-state index in [0.717, 1.165) is 12.8 Å². The van der Waals surface area contributed by atoms with E-state index >= 15 is 0 Å². The van der Waals surface area contributed by atoms with Gasteiger partial charge in [-0.1, -0.05) is 35.3 Å². The number of sulfone groups is 1. The van der Waals surface area contributed by atoms with Crippen LogP contribution >= 0.6 is 23.2 Å². The van der Waals surface area contributed by atoms with Gasteiger partial charge in [0, 0.05) is 17.8 Å². The summed E-state index contributed by atoms with van der Waals surface area (Å²) in [6.07, 6.45) is 4.23. The number of nitrogens with zero attached hydrogens (tertiary/aromatic N) is 1. The topological polar surface area (TPSA) is 78.5 Å². The SMILES string of the molecule is CC(NC(=O)Nc1ccc(S(=O)(=O)CC2CC3CCC(C2)N3C)cc1)c1cccc(Cl)c1Cl. The molecule has 2 aromatic rings. The lowest BCUT2D eigenvalue weighted by molar-refractivity contribution is 0.143. The number of amides is 2. The van der Waals surface area contributed by atoms with E-state index in [4.69, 9.17) is 23.2 Å². The number of hydrogen-bond acceptors (Lipinski definition) is 4. The minimum Gasteiger partial charge on any atom is -0.331 e. The molecule has 0 saturated carbocycles. The Morgan fingerprint density at radius 1 is 1.09 bits per heavy atom. The summed E-state index contributed by atoms with van der Waals surface area (Å²) < 4.78 is 25.9. The van der Waals surface area contributed by atoms with Crippen molar-refractivity contribution in [3.05, 3.63) is 58.1 Å². The normalized spacial score (nSPS) is 23.8. The first kappa shape index (κ1) is 24.3. The van der Waals surface area contributed by atoms with Gasteiger partial charge in [0.15, 0.2) is 9.84 Å². The summed E-state index contributed by atoms with van der Waals surface area (Å²) in [5.74, 6) is 0.381. The summed E-state index contributed by atoms with van der Waals surface area (Å²) in [6.45, 7) is 1.81. The first-order chi connectivity index (χ1) is 15.6. The average Bonchev–Trinajstić information content (AvgIpc) is 2.96. The Hall–Kier alpha value is -1.80. The minimum absolute atomic E-state index is 0.180. The second kappa shape index (κ2) is 9.82. The molecule has 2 saturated heterocycles. The molecule has 2 amide bonds. The molecule has 4 rings (SSSR count). The third-order valence-corrected chi connectivity index (χ3v) is 9.65. The van der Waals surface area contributed by atoms with Crippen LogP contribution in [0, 0.1) is 5.92 Å². The molecular formula is C24H29Cl2N3O3S. The second-order valence-electron chi connectivity index (χ2n) is 9.16. The molecule has 2 aliphatic rings. The highest BCUT2D eigenvalue weighted by Crippen LogP contribution is 2.38. The maximum Gasteiger partial charge on any atom is 0.319 e. The van der Waals surface area contributed by atoms with Crippen LogP contribution in [0.15, 0.2) is 47.4 Å². The number of nitrogens with one attached hydrogen (secondary N) is 2. The number of benzene rings is 2. The Labute approximate surface area is 205 Å². The van der Waals surface area contributed by atoms with Gasteiger partial charge in [0.25, 0.3) is 0 Å². The van der Waals surface area contributed by atoms with Gasteiger partial charge in [-0.05, 0) is 81.5 Å². The first-order valence-corrected chi connectivity index (χ1v) is 13.6. The van der Waals surface area contributed by atoms with E-state index < -0.39 is 15.9 Å². The monoisotopic (exact) mass is 509 g/mol. The molecule has 33 heavy (non-hydrogen) atoms. The number of halogens is 2. The third-order valence-electron chi connectivity index (χ3n) is 6.92. The molecule has 0 aromatic heterocycles. The van der Waals surface area contributed by atoms with E-state index in [2.05, 4.69) is 22.6 Å². The predicted octanol–water partition coefficient (Wildman–Crippen LogP) is 5.52. The van der Waals surface area contributed by atoms with Crippen molar-refractivity contribution in [2.75, 3.05) is 18.1 Å². The molecule has 178 valence electrons. The molecule has 2 heterocycles. The number of piperidine rings is 1. The largest absolute Gasteiger partial charge is 0.331 e. The molecule has 6 nitrogen and oxygen atoms in total. The van der Waals surface area contributed by atoms with Gasteiger partial charge in [0.1, 0.15) is 0 Å². The van der Waals surface area contributed by atoms with Gasteiger partial charge < -0.3 is 15.5 Å². The Kier molecular flexibility index (Phi) is 7.24. The van der Waals surface area contributed by atoms with Gasteiger partial charge in [0.05, 0.1) is 26.7 Å². The van der Waals surface area contributed by atoms with Crippen molar-refractivity contribution >= 4 is 44.8 Å². The zero-order chi connectivity index (χ0) is 23.8. The lowest BCUT2D eigenvalue weighted by atomic mass is 9.93. The zero-order valence-electron chi connectivity index (χ0n) is 18.7. The summed E-state index contributed by atoms with van der Waals surface area (Å²) >= 11 is 12.3. The number of carbonyl (C=O) groups is 1. The number of carbonyl (C=O) groups excluding carboxylic acids is 1. The van der Waals surface area contributed by atoms with Gasteiger partial charge in [-0.15, -0.1) is 0 Å². The van der Waals surface area contributed by atoms with E-state index in [-0.39, 0.29) is 17.7 Å². The van der Waals surface area contributed by atoms with E-state index in [1.807, 2.05) is 6.92 Å². The van der Waals surface area contributed by atoms with E-state index in [9.17, 15) is 13.2 Å². The third kappa shape index (κ3) is 5.48. The van der Waals surface area contributed by atoms with Crippen LogP contribution in [-0.2, 0) is 9.84 Å². The summed E-state index contributed by atoms with van der Waals surface area (Å²) in [7, 11) is -1.23. The average molecular weight is 510 g/mol. The van der Waals surface area contributed by atoms with Crippen molar-refractivity contribution < 1.29 is 13.2 Å². The molecule has 2 fully saturated rings. The number of anilines is 1. The molecule has 0 aliphatic carbocycles. The highest BCUT2D eigenvalue weighted by atomic mass is 35.5. The molecule has 2 aromatic carbocycles. The molecule has 2 bridgehead atoms. The Morgan fingerprint density at radius 2 is 1.73 bits per heavy atom. The molecule has 0 radical (unpaired) electrons.